The van der Waals surface area contributed by atoms with E-state index in [1.54, 1.807) is 0 Å². The average Bonchev–Trinajstić information content (AvgIpc) is 2.83. The normalized spacial score (nSPS) is 46.9. The van der Waals surface area contributed by atoms with Gasteiger partial charge in [0.05, 0.1) is 19.1 Å². The highest BCUT2D eigenvalue weighted by atomic mass is 16.5. The molecule has 0 N–H and O–H groups in total. The number of nitriles is 1. The van der Waals surface area contributed by atoms with Gasteiger partial charge in [0.15, 0.2) is 5.78 Å². The fourth-order valence-corrected chi connectivity index (χ4v) is 11.3. The molecular weight excluding hydrogens is 470 g/mol. The predicted molar refractivity (Wildman–Crippen MR) is 150 cm³/mol. The quantitative estimate of drug-likeness (QED) is 0.275. The van der Waals surface area contributed by atoms with Gasteiger partial charge < -0.3 is 4.74 Å². The summed E-state index contributed by atoms with van der Waals surface area (Å²) in [6.45, 7) is 21.2. The van der Waals surface area contributed by atoms with Crippen molar-refractivity contribution in [2.24, 2.45) is 56.2 Å². The Hall–Kier alpha value is -1.89. The zero-order chi connectivity index (χ0) is 28.1. The van der Waals surface area contributed by atoms with Crippen LogP contribution in [0.5, 0.6) is 0 Å². The minimum absolute atomic E-state index is 0.00679. The molecule has 0 heterocycles. The van der Waals surface area contributed by atoms with Gasteiger partial charge in [-0.3, -0.25) is 9.59 Å². The van der Waals surface area contributed by atoms with Gasteiger partial charge in [0.25, 0.3) is 0 Å². The summed E-state index contributed by atoms with van der Waals surface area (Å²) in [7, 11) is 1.53. The number of rotatable bonds is 2. The van der Waals surface area contributed by atoms with Crippen molar-refractivity contribution in [3.05, 3.63) is 23.8 Å². The molecule has 0 aromatic rings. The van der Waals surface area contributed by atoms with Crippen LogP contribution in [0.15, 0.2) is 23.8 Å². The summed E-state index contributed by atoms with van der Waals surface area (Å²) in [5.41, 5.74) is 1.31. The summed E-state index contributed by atoms with van der Waals surface area (Å²) in [5.74, 6) is 1.30. The van der Waals surface area contributed by atoms with Gasteiger partial charge in [-0.25, -0.2) is 0 Å². The number of nitrogens with zero attached hydrogens (tertiary/aromatic N) is 1. The fraction of sp³-hybridized carbons (Fsp3) is 0.794. The van der Waals surface area contributed by atoms with Crippen molar-refractivity contribution in [2.75, 3.05) is 7.11 Å². The molecule has 4 nitrogen and oxygen atoms in total. The molecule has 4 heteroatoms. The fourth-order valence-electron chi connectivity index (χ4n) is 11.3. The Kier molecular flexibility index (Phi) is 6.05. The smallest absolute Gasteiger partial charge is 0.306 e. The molecule has 38 heavy (non-hydrogen) atoms. The summed E-state index contributed by atoms with van der Waals surface area (Å²) in [6.07, 6.45) is 11.2. The zero-order valence-electron chi connectivity index (χ0n) is 25.1. The van der Waals surface area contributed by atoms with Crippen LogP contribution in [0.4, 0.5) is 0 Å². The minimum Gasteiger partial charge on any atom is -0.469 e. The Morgan fingerprint density at radius 3 is 2.32 bits per heavy atom. The van der Waals surface area contributed by atoms with Crippen molar-refractivity contribution >= 4 is 11.8 Å². The van der Waals surface area contributed by atoms with E-state index in [9.17, 15) is 14.9 Å². The Bertz CT molecular complexity index is 1150. The summed E-state index contributed by atoms with van der Waals surface area (Å²) in [5, 5.41) is 9.95. The second-order valence-corrected chi connectivity index (χ2v) is 16.0. The van der Waals surface area contributed by atoms with Crippen LogP contribution >= 0.6 is 0 Å². The number of ether oxygens (including phenoxy) is 1. The van der Waals surface area contributed by atoms with E-state index in [-0.39, 0.29) is 44.7 Å². The maximum Gasteiger partial charge on any atom is 0.306 e. The zero-order valence-corrected chi connectivity index (χ0v) is 25.1. The number of carbonyl (C=O) groups is 2. The third-order valence-corrected chi connectivity index (χ3v) is 13.5. The van der Waals surface area contributed by atoms with Gasteiger partial charge in [-0.15, -0.1) is 0 Å². The highest BCUT2D eigenvalue weighted by molar-refractivity contribution is 6.04. The molecule has 0 radical (unpaired) electrons. The molecule has 4 saturated carbocycles. The molecule has 0 aromatic heterocycles. The van der Waals surface area contributed by atoms with Gasteiger partial charge in [0.2, 0.25) is 0 Å². The Morgan fingerprint density at radius 2 is 1.68 bits per heavy atom. The number of Topliss-reactive ketones (excluding diaryl/α,β-unsaturated/α-hetero) is 1. The van der Waals surface area contributed by atoms with Gasteiger partial charge in [-0.05, 0) is 102 Å². The van der Waals surface area contributed by atoms with Crippen molar-refractivity contribution in [2.45, 2.75) is 106 Å². The number of ketones is 1. The molecule has 0 amide bonds. The maximum atomic E-state index is 13.3. The summed E-state index contributed by atoms with van der Waals surface area (Å²) >= 11 is 0. The van der Waals surface area contributed by atoms with E-state index < -0.39 is 5.41 Å². The van der Waals surface area contributed by atoms with E-state index in [2.05, 4.69) is 60.6 Å². The summed E-state index contributed by atoms with van der Waals surface area (Å²) < 4.78 is 5.24. The van der Waals surface area contributed by atoms with Gasteiger partial charge in [0, 0.05) is 5.41 Å². The van der Waals surface area contributed by atoms with E-state index in [1.165, 1.54) is 12.7 Å². The Balaban J connectivity index is 1.62. The molecule has 5 aliphatic rings. The molecule has 5 rings (SSSR count). The van der Waals surface area contributed by atoms with Crippen LogP contribution < -0.4 is 0 Å². The molecule has 0 aromatic carbocycles. The first-order chi connectivity index (χ1) is 17.5. The molecule has 8 atom stereocenters. The van der Waals surface area contributed by atoms with Crippen LogP contribution in [0.1, 0.15) is 106 Å². The largest absolute Gasteiger partial charge is 0.469 e. The lowest BCUT2D eigenvalue weighted by Crippen LogP contribution is -2.67. The maximum absolute atomic E-state index is 13.3. The summed E-state index contributed by atoms with van der Waals surface area (Å²) in [4.78, 5) is 26.0. The van der Waals surface area contributed by atoms with Crippen molar-refractivity contribution in [3.8, 4) is 6.07 Å². The number of carbonyl (C=O) groups excluding carboxylic acids is 2. The number of allylic oxidation sites excluding steroid dienone is 3. The molecule has 0 bridgehead atoms. The first-order valence-electron chi connectivity index (χ1n) is 14.9. The highest BCUT2D eigenvalue weighted by Crippen LogP contribution is 2.77. The third-order valence-electron chi connectivity index (χ3n) is 13.5. The van der Waals surface area contributed by atoms with Crippen LogP contribution in [0.25, 0.3) is 0 Å². The van der Waals surface area contributed by atoms with Crippen LogP contribution in [-0.4, -0.2) is 18.9 Å². The van der Waals surface area contributed by atoms with Crippen LogP contribution in [-0.2, 0) is 14.3 Å². The molecule has 0 aliphatic heterocycles. The van der Waals surface area contributed by atoms with E-state index in [1.807, 2.05) is 0 Å². The first kappa shape index (κ1) is 27.7. The minimum atomic E-state index is -0.537. The number of esters is 1. The topological polar surface area (TPSA) is 67.2 Å². The lowest BCUT2D eigenvalue weighted by atomic mass is 9.31. The monoisotopic (exact) mass is 519 g/mol. The molecule has 0 spiro atoms. The van der Waals surface area contributed by atoms with Crippen molar-refractivity contribution in [1.29, 1.82) is 5.26 Å². The standard InChI is InChI=1S/C34H49NO3/c1-21-16-25-31(6)17-22(20-35)28(37)30(4,5)24(31)10-11-32(25,7)33(8)13-15-34(19-26(36)38-9)14-12-29(2,3)18-23(34)27(21)33/h17,23-25,27H,1,10-16,18-19H2,2-9H3/t23?,24-,25+,27?,31-,32+,33+,34+/m0/s1. The SMILES string of the molecule is C=C1C[C@@H]2[C@@]3(C)C=C(C#N)C(=O)C(C)(C)[C@@H]3CC[C@@]2(C)[C@]2(C)CC[C@@]3(CC(=O)OC)CCC(C)(C)CC3C12. The number of hydrogen-bond donors (Lipinski definition) is 0. The average molecular weight is 520 g/mol. The second kappa shape index (κ2) is 8.31. The molecule has 208 valence electrons. The number of methoxy groups -OCH3 is 1. The Morgan fingerprint density at radius 1 is 1.03 bits per heavy atom. The highest BCUT2D eigenvalue weighted by Gasteiger charge is 2.71. The first-order valence-corrected chi connectivity index (χ1v) is 14.9. The van der Waals surface area contributed by atoms with Crippen molar-refractivity contribution < 1.29 is 14.3 Å². The molecule has 4 fully saturated rings. The van der Waals surface area contributed by atoms with E-state index >= 15 is 0 Å². The van der Waals surface area contributed by atoms with E-state index in [0.717, 1.165) is 51.4 Å². The lowest BCUT2D eigenvalue weighted by Gasteiger charge is -2.73. The number of fused-ring (bicyclic) bond motifs is 7. The van der Waals surface area contributed by atoms with Gasteiger partial charge in [-0.2, -0.15) is 5.26 Å². The molecule has 0 saturated heterocycles. The van der Waals surface area contributed by atoms with Crippen molar-refractivity contribution in [3.63, 3.8) is 0 Å². The molecule has 5 aliphatic carbocycles. The van der Waals surface area contributed by atoms with Gasteiger partial charge in [-0.1, -0.05) is 66.7 Å². The predicted octanol–water partition coefficient (Wildman–Crippen LogP) is 7.84. The van der Waals surface area contributed by atoms with E-state index in [0.29, 0.717) is 29.7 Å². The Labute approximate surface area is 230 Å². The van der Waals surface area contributed by atoms with Crippen LogP contribution in [0.2, 0.25) is 0 Å². The van der Waals surface area contributed by atoms with Gasteiger partial charge in [0.1, 0.15) is 6.07 Å². The second-order valence-electron chi connectivity index (χ2n) is 16.0. The van der Waals surface area contributed by atoms with Crippen molar-refractivity contribution in [1.82, 2.24) is 0 Å². The third kappa shape index (κ3) is 3.45. The van der Waals surface area contributed by atoms with Crippen LogP contribution in [0, 0.1) is 67.5 Å². The van der Waals surface area contributed by atoms with Crippen LogP contribution in [0.3, 0.4) is 0 Å². The van der Waals surface area contributed by atoms with E-state index in [4.69, 9.17) is 11.3 Å². The molecule has 2 unspecified atom stereocenters. The number of hydrogen-bond acceptors (Lipinski definition) is 4. The molecular formula is C34H49NO3. The lowest BCUT2D eigenvalue weighted by molar-refractivity contribution is -0.214. The summed E-state index contributed by atoms with van der Waals surface area (Å²) in [6, 6.07) is 2.27. The van der Waals surface area contributed by atoms with Gasteiger partial charge >= 0.3 is 5.97 Å².